The summed E-state index contributed by atoms with van der Waals surface area (Å²) in [7, 11) is 0. The molecular weight excluding hydrogens is 365 g/mol. The highest BCUT2D eigenvalue weighted by atomic mass is 32.2. The average molecular weight is 389 g/mol. The Labute approximate surface area is 162 Å². The molecule has 144 valence electrons. The molecule has 3 rings (SSSR count). The molecule has 1 amide bonds. The van der Waals surface area contributed by atoms with Crippen LogP contribution in [0.25, 0.3) is 11.4 Å². The lowest BCUT2D eigenvalue weighted by Gasteiger charge is -2.12. The molecule has 1 aliphatic rings. The molecule has 0 unspecified atom stereocenters. The SMILES string of the molecule is Cc1ccc(-c2noc(CSCC(=O)NCCC3=CCCCC3)n2)cc1F. The van der Waals surface area contributed by atoms with Gasteiger partial charge in [-0.2, -0.15) is 4.98 Å². The maximum atomic E-state index is 13.6. The van der Waals surface area contributed by atoms with Crippen molar-refractivity contribution in [3.05, 3.63) is 47.1 Å². The molecule has 1 aromatic carbocycles. The molecule has 0 radical (unpaired) electrons. The second-order valence-corrected chi connectivity index (χ2v) is 7.66. The van der Waals surface area contributed by atoms with Gasteiger partial charge in [-0.3, -0.25) is 4.79 Å². The Morgan fingerprint density at radius 1 is 1.37 bits per heavy atom. The van der Waals surface area contributed by atoms with Crippen LogP contribution in [0, 0.1) is 12.7 Å². The van der Waals surface area contributed by atoms with Crippen molar-refractivity contribution in [2.45, 2.75) is 44.8 Å². The van der Waals surface area contributed by atoms with E-state index < -0.39 is 0 Å². The van der Waals surface area contributed by atoms with Crippen LogP contribution in [0.4, 0.5) is 4.39 Å². The van der Waals surface area contributed by atoms with Gasteiger partial charge in [0.1, 0.15) is 5.82 Å². The first-order valence-corrected chi connectivity index (χ1v) is 10.4. The predicted molar refractivity (Wildman–Crippen MR) is 105 cm³/mol. The molecule has 0 atom stereocenters. The average Bonchev–Trinajstić information content (AvgIpc) is 3.14. The van der Waals surface area contributed by atoms with Crippen molar-refractivity contribution in [2.75, 3.05) is 12.3 Å². The van der Waals surface area contributed by atoms with E-state index in [1.54, 1.807) is 19.1 Å². The molecule has 1 aliphatic carbocycles. The highest BCUT2D eigenvalue weighted by Crippen LogP contribution is 2.21. The van der Waals surface area contributed by atoms with Gasteiger partial charge in [0.25, 0.3) is 0 Å². The van der Waals surface area contributed by atoms with E-state index in [1.165, 1.54) is 42.7 Å². The van der Waals surface area contributed by atoms with Gasteiger partial charge in [0.05, 0.1) is 11.5 Å². The van der Waals surface area contributed by atoms with Crippen LogP contribution >= 0.6 is 11.8 Å². The molecule has 0 fully saturated rings. The van der Waals surface area contributed by atoms with Gasteiger partial charge in [0.15, 0.2) is 0 Å². The minimum atomic E-state index is -0.297. The number of amides is 1. The Balaban J connectivity index is 1.39. The minimum Gasteiger partial charge on any atom is -0.355 e. The van der Waals surface area contributed by atoms with Crippen LogP contribution < -0.4 is 5.32 Å². The third-order valence-corrected chi connectivity index (χ3v) is 5.43. The fourth-order valence-electron chi connectivity index (χ4n) is 2.94. The lowest BCUT2D eigenvalue weighted by atomic mass is 9.97. The van der Waals surface area contributed by atoms with Crippen molar-refractivity contribution < 1.29 is 13.7 Å². The largest absolute Gasteiger partial charge is 0.355 e. The van der Waals surface area contributed by atoms with Gasteiger partial charge in [-0.25, -0.2) is 4.39 Å². The number of carbonyl (C=O) groups is 1. The Hall–Kier alpha value is -2.15. The van der Waals surface area contributed by atoms with E-state index in [0.29, 0.717) is 40.9 Å². The molecule has 5 nitrogen and oxygen atoms in total. The number of thioether (sulfide) groups is 1. The van der Waals surface area contributed by atoms with Gasteiger partial charge < -0.3 is 9.84 Å². The van der Waals surface area contributed by atoms with Crippen LogP contribution in [-0.4, -0.2) is 28.3 Å². The number of rotatable bonds is 8. The molecule has 0 aliphatic heterocycles. The molecule has 2 aromatic rings. The first-order chi connectivity index (χ1) is 13.1. The summed E-state index contributed by atoms with van der Waals surface area (Å²) in [5, 5.41) is 6.83. The van der Waals surface area contributed by atoms with Crippen LogP contribution in [0.3, 0.4) is 0 Å². The first kappa shape index (κ1) is 19.6. The number of aryl methyl sites for hydroxylation is 1. The quantitative estimate of drug-likeness (QED) is 0.677. The van der Waals surface area contributed by atoms with E-state index >= 15 is 0 Å². The molecule has 1 aromatic heterocycles. The summed E-state index contributed by atoms with van der Waals surface area (Å²) < 4.78 is 18.8. The summed E-state index contributed by atoms with van der Waals surface area (Å²) in [6.45, 7) is 2.39. The van der Waals surface area contributed by atoms with Crippen molar-refractivity contribution in [1.82, 2.24) is 15.5 Å². The molecule has 1 N–H and O–H groups in total. The molecular formula is C20H24FN3O2S. The van der Waals surface area contributed by atoms with E-state index in [1.807, 2.05) is 0 Å². The number of nitrogens with one attached hydrogen (secondary N) is 1. The zero-order valence-corrected chi connectivity index (χ0v) is 16.3. The second kappa shape index (κ2) is 9.69. The normalized spacial score (nSPS) is 14.1. The number of halogens is 1. The number of nitrogens with zero attached hydrogens (tertiary/aromatic N) is 2. The summed E-state index contributed by atoms with van der Waals surface area (Å²) in [6, 6.07) is 4.84. The fraction of sp³-hybridized carbons (Fsp3) is 0.450. The van der Waals surface area contributed by atoms with Crippen LogP contribution in [0.2, 0.25) is 0 Å². The van der Waals surface area contributed by atoms with Crippen LogP contribution in [-0.2, 0) is 10.5 Å². The number of hydrogen-bond acceptors (Lipinski definition) is 5. The predicted octanol–water partition coefficient (Wildman–Crippen LogP) is 4.42. The van der Waals surface area contributed by atoms with E-state index in [9.17, 15) is 9.18 Å². The van der Waals surface area contributed by atoms with E-state index in [2.05, 4.69) is 21.5 Å². The monoisotopic (exact) mass is 389 g/mol. The summed E-state index contributed by atoms with van der Waals surface area (Å²) >= 11 is 1.42. The summed E-state index contributed by atoms with van der Waals surface area (Å²) in [5.41, 5.74) is 2.61. The number of carbonyl (C=O) groups excluding carboxylic acids is 1. The standard InChI is InChI=1S/C20H24FN3O2S/c1-14-7-8-16(11-17(14)21)20-23-19(26-24-20)13-27-12-18(25)22-10-9-15-5-3-2-4-6-15/h5,7-8,11H,2-4,6,9-10,12-13H2,1H3,(H,22,25). The Bertz CT molecular complexity index is 819. The molecule has 0 bridgehead atoms. The Morgan fingerprint density at radius 2 is 2.26 bits per heavy atom. The number of allylic oxidation sites excluding steroid dienone is 1. The van der Waals surface area contributed by atoms with Crippen molar-refractivity contribution in [1.29, 1.82) is 0 Å². The van der Waals surface area contributed by atoms with Crippen LogP contribution in [0.15, 0.2) is 34.4 Å². The smallest absolute Gasteiger partial charge is 0.236 e. The second-order valence-electron chi connectivity index (χ2n) is 6.68. The zero-order chi connectivity index (χ0) is 19.1. The Kier molecular flexibility index (Phi) is 7.04. The highest BCUT2D eigenvalue weighted by Gasteiger charge is 2.11. The van der Waals surface area contributed by atoms with Gasteiger partial charge in [-0.15, -0.1) is 11.8 Å². The summed E-state index contributed by atoms with van der Waals surface area (Å²) in [6.07, 6.45) is 8.11. The van der Waals surface area contributed by atoms with Gasteiger partial charge in [0, 0.05) is 12.1 Å². The molecule has 0 saturated carbocycles. The minimum absolute atomic E-state index is 0.0109. The van der Waals surface area contributed by atoms with E-state index in [0.717, 1.165) is 12.8 Å². The number of benzene rings is 1. The summed E-state index contributed by atoms with van der Waals surface area (Å²) in [5.74, 6) is 1.28. The van der Waals surface area contributed by atoms with Gasteiger partial charge in [-0.1, -0.05) is 28.9 Å². The van der Waals surface area contributed by atoms with Crippen LogP contribution in [0.1, 0.15) is 43.6 Å². The topological polar surface area (TPSA) is 68.0 Å². The van der Waals surface area contributed by atoms with Crippen molar-refractivity contribution in [2.24, 2.45) is 0 Å². The first-order valence-electron chi connectivity index (χ1n) is 9.23. The third kappa shape index (κ3) is 5.92. The maximum Gasteiger partial charge on any atom is 0.236 e. The number of aromatic nitrogens is 2. The zero-order valence-electron chi connectivity index (χ0n) is 15.5. The van der Waals surface area contributed by atoms with Gasteiger partial charge >= 0.3 is 0 Å². The highest BCUT2D eigenvalue weighted by molar-refractivity contribution is 7.99. The molecule has 27 heavy (non-hydrogen) atoms. The molecule has 0 saturated heterocycles. The molecule has 0 spiro atoms. The molecule has 1 heterocycles. The lowest BCUT2D eigenvalue weighted by Crippen LogP contribution is -2.26. The molecule has 7 heteroatoms. The number of hydrogen-bond donors (Lipinski definition) is 1. The summed E-state index contributed by atoms with van der Waals surface area (Å²) in [4.78, 5) is 16.2. The van der Waals surface area contributed by atoms with Crippen molar-refractivity contribution in [3.63, 3.8) is 0 Å². The van der Waals surface area contributed by atoms with Crippen LogP contribution in [0.5, 0.6) is 0 Å². The van der Waals surface area contributed by atoms with Crippen molar-refractivity contribution >= 4 is 17.7 Å². The third-order valence-electron chi connectivity index (χ3n) is 4.51. The van der Waals surface area contributed by atoms with Gasteiger partial charge in [-0.05, 0) is 50.7 Å². The van der Waals surface area contributed by atoms with Gasteiger partial charge in [0.2, 0.25) is 17.6 Å². The lowest BCUT2D eigenvalue weighted by molar-refractivity contribution is -0.118. The van der Waals surface area contributed by atoms with E-state index in [4.69, 9.17) is 4.52 Å². The Morgan fingerprint density at radius 3 is 3.04 bits per heavy atom. The fourth-order valence-corrected chi connectivity index (χ4v) is 3.62. The van der Waals surface area contributed by atoms with E-state index in [-0.39, 0.29) is 11.7 Å². The maximum absolute atomic E-state index is 13.6. The van der Waals surface area contributed by atoms with Crippen molar-refractivity contribution in [3.8, 4) is 11.4 Å².